The minimum atomic E-state index is -0.352. The van der Waals surface area contributed by atoms with Crippen LogP contribution in [0, 0.1) is 12.8 Å². The van der Waals surface area contributed by atoms with Crippen molar-refractivity contribution in [3.63, 3.8) is 0 Å². The van der Waals surface area contributed by atoms with Crippen molar-refractivity contribution in [1.82, 2.24) is 15.1 Å². The van der Waals surface area contributed by atoms with Gasteiger partial charge in [-0.1, -0.05) is 30.3 Å². The van der Waals surface area contributed by atoms with Gasteiger partial charge in [-0.3, -0.25) is 9.59 Å². The van der Waals surface area contributed by atoms with E-state index in [9.17, 15) is 9.59 Å². The normalized spacial score (nSPS) is 15.8. The minimum Gasteiger partial charge on any atom is -0.495 e. The van der Waals surface area contributed by atoms with Crippen molar-refractivity contribution >= 4 is 17.5 Å². The van der Waals surface area contributed by atoms with E-state index in [1.165, 1.54) is 5.56 Å². The molecule has 2 aromatic carbocycles. The predicted octanol–water partition coefficient (Wildman–Crippen LogP) is 3.29. The molecule has 1 atom stereocenters. The Morgan fingerprint density at radius 2 is 1.91 bits per heavy atom. The highest BCUT2D eigenvalue weighted by Crippen LogP contribution is 2.32. The van der Waals surface area contributed by atoms with Gasteiger partial charge in [-0.25, -0.2) is 4.68 Å². The molecule has 4 rings (SSSR count). The van der Waals surface area contributed by atoms with Crippen LogP contribution in [0.15, 0.2) is 60.8 Å². The fourth-order valence-corrected chi connectivity index (χ4v) is 4.06. The second kappa shape index (κ2) is 9.68. The first-order chi connectivity index (χ1) is 15.6. The molecule has 166 valence electrons. The minimum absolute atomic E-state index is 0.0569. The second-order valence-corrected chi connectivity index (χ2v) is 7.99. The van der Waals surface area contributed by atoms with Crippen molar-refractivity contribution in [2.75, 3.05) is 25.1 Å². The van der Waals surface area contributed by atoms with Crippen LogP contribution in [0.4, 0.5) is 5.69 Å². The number of aryl methyl sites for hydroxylation is 2. The lowest BCUT2D eigenvalue weighted by atomic mass is 10.1. The zero-order chi connectivity index (χ0) is 22.5. The molecule has 0 saturated carbocycles. The Hall–Kier alpha value is -3.61. The van der Waals surface area contributed by atoms with Crippen molar-refractivity contribution in [2.24, 2.45) is 5.92 Å². The summed E-state index contributed by atoms with van der Waals surface area (Å²) < 4.78 is 7.25. The Morgan fingerprint density at radius 1 is 1.16 bits per heavy atom. The van der Waals surface area contributed by atoms with Gasteiger partial charge in [0.1, 0.15) is 5.75 Å². The molecule has 0 aliphatic carbocycles. The Morgan fingerprint density at radius 3 is 2.69 bits per heavy atom. The van der Waals surface area contributed by atoms with Crippen molar-refractivity contribution in [1.29, 1.82) is 0 Å². The van der Waals surface area contributed by atoms with Crippen molar-refractivity contribution < 1.29 is 14.3 Å². The lowest BCUT2D eigenvalue weighted by molar-refractivity contribution is -0.126. The number of aromatic nitrogens is 2. The monoisotopic (exact) mass is 432 g/mol. The van der Waals surface area contributed by atoms with Crippen LogP contribution >= 0.6 is 0 Å². The third-order valence-electron chi connectivity index (χ3n) is 5.82. The van der Waals surface area contributed by atoms with Gasteiger partial charge in [0.05, 0.1) is 30.1 Å². The van der Waals surface area contributed by atoms with E-state index < -0.39 is 0 Å². The Balaban J connectivity index is 1.28. The van der Waals surface area contributed by atoms with E-state index in [1.807, 2.05) is 72.4 Å². The number of carbonyl (C=O) groups is 2. The Kier molecular flexibility index (Phi) is 6.54. The number of ether oxygens (including phenoxy) is 1. The SMILES string of the molecule is COc1ccccc1N1CC(C(=O)NCCCc2cn(-c3ccccc3)nc2C)CC1=O. The maximum atomic E-state index is 12.7. The molecule has 2 heterocycles. The summed E-state index contributed by atoms with van der Waals surface area (Å²) in [6.07, 6.45) is 3.90. The van der Waals surface area contributed by atoms with Crippen LogP contribution in [0.1, 0.15) is 24.1 Å². The molecule has 0 radical (unpaired) electrons. The van der Waals surface area contributed by atoms with E-state index in [1.54, 1.807) is 12.0 Å². The topological polar surface area (TPSA) is 76.5 Å². The molecule has 0 bridgehead atoms. The molecule has 1 aromatic heterocycles. The zero-order valence-electron chi connectivity index (χ0n) is 18.5. The largest absolute Gasteiger partial charge is 0.495 e. The first kappa shape index (κ1) is 21.6. The summed E-state index contributed by atoms with van der Waals surface area (Å²) in [6.45, 7) is 2.94. The quantitative estimate of drug-likeness (QED) is 0.554. The number of carbonyl (C=O) groups excluding carboxylic acids is 2. The number of benzene rings is 2. The molecule has 1 saturated heterocycles. The summed E-state index contributed by atoms with van der Waals surface area (Å²) in [5, 5.41) is 7.59. The number of amides is 2. The predicted molar refractivity (Wildman–Crippen MR) is 123 cm³/mol. The molecule has 0 spiro atoms. The number of anilines is 1. The van der Waals surface area contributed by atoms with Crippen LogP contribution in [-0.4, -0.2) is 41.8 Å². The Labute approximate surface area is 188 Å². The molecule has 1 aliphatic rings. The smallest absolute Gasteiger partial charge is 0.227 e. The number of nitrogens with zero attached hydrogens (tertiary/aromatic N) is 3. The number of hydrogen-bond donors (Lipinski definition) is 1. The lowest BCUT2D eigenvalue weighted by Gasteiger charge is -2.19. The van der Waals surface area contributed by atoms with Gasteiger partial charge in [0, 0.05) is 25.7 Å². The van der Waals surface area contributed by atoms with Crippen LogP contribution in [0.3, 0.4) is 0 Å². The molecule has 32 heavy (non-hydrogen) atoms. The lowest BCUT2D eigenvalue weighted by Crippen LogP contribution is -2.33. The number of rotatable bonds is 8. The molecule has 3 aromatic rings. The van der Waals surface area contributed by atoms with Gasteiger partial charge in [-0.15, -0.1) is 0 Å². The maximum absolute atomic E-state index is 12.7. The van der Waals surface area contributed by atoms with Gasteiger partial charge < -0.3 is 15.0 Å². The van der Waals surface area contributed by atoms with Gasteiger partial charge in [-0.05, 0) is 49.6 Å². The highest BCUT2D eigenvalue weighted by molar-refractivity contribution is 6.01. The Bertz CT molecular complexity index is 1090. The molecular formula is C25H28N4O3. The first-order valence-corrected chi connectivity index (χ1v) is 10.9. The van der Waals surface area contributed by atoms with E-state index in [2.05, 4.69) is 10.4 Å². The number of nitrogens with one attached hydrogen (secondary N) is 1. The van der Waals surface area contributed by atoms with Crippen molar-refractivity contribution in [3.8, 4) is 11.4 Å². The summed E-state index contributed by atoms with van der Waals surface area (Å²) in [5.74, 6) is 0.148. The molecular weight excluding hydrogens is 404 g/mol. The van der Waals surface area contributed by atoms with Gasteiger partial charge in [0.15, 0.2) is 0 Å². The maximum Gasteiger partial charge on any atom is 0.227 e. The molecule has 1 fully saturated rings. The zero-order valence-corrected chi connectivity index (χ0v) is 18.5. The molecule has 7 nitrogen and oxygen atoms in total. The van der Waals surface area contributed by atoms with Gasteiger partial charge >= 0.3 is 0 Å². The fraction of sp³-hybridized carbons (Fsp3) is 0.320. The van der Waals surface area contributed by atoms with Gasteiger partial charge in [-0.2, -0.15) is 5.10 Å². The summed E-state index contributed by atoms with van der Waals surface area (Å²) in [5.41, 5.74) is 3.90. The third kappa shape index (κ3) is 4.66. The first-order valence-electron chi connectivity index (χ1n) is 10.9. The highest BCUT2D eigenvalue weighted by atomic mass is 16.5. The average Bonchev–Trinajstić information content (AvgIpc) is 3.39. The highest BCUT2D eigenvalue weighted by Gasteiger charge is 2.36. The van der Waals surface area contributed by atoms with E-state index in [0.29, 0.717) is 24.5 Å². The van der Waals surface area contributed by atoms with Crippen molar-refractivity contribution in [3.05, 3.63) is 72.1 Å². The van der Waals surface area contributed by atoms with Crippen LogP contribution in [0.5, 0.6) is 5.75 Å². The van der Waals surface area contributed by atoms with Gasteiger partial charge in [0.2, 0.25) is 11.8 Å². The van der Waals surface area contributed by atoms with E-state index in [0.717, 1.165) is 24.2 Å². The number of hydrogen-bond acceptors (Lipinski definition) is 4. The van der Waals surface area contributed by atoms with Crippen LogP contribution < -0.4 is 15.0 Å². The van der Waals surface area contributed by atoms with E-state index in [4.69, 9.17) is 4.74 Å². The molecule has 1 aliphatic heterocycles. The van der Waals surface area contributed by atoms with E-state index in [-0.39, 0.29) is 24.2 Å². The molecule has 7 heteroatoms. The number of para-hydroxylation sites is 3. The number of methoxy groups -OCH3 is 1. The summed E-state index contributed by atoms with van der Waals surface area (Å²) >= 11 is 0. The fourth-order valence-electron chi connectivity index (χ4n) is 4.06. The molecule has 2 amide bonds. The molecule has 1 N–H and O–H groups in total. The molecule has 1 unspecified atom stereocenters. The van der Waals surface area contributed by atoms with Crippen LogP contribution in [0.25, 0.3) is 5.69 Å². The van der Waals surface area contributed by atoms with E-state index >= 15 is 0 Å². The summed E-state index contributed by atoms with van der Waals surface area (Å²) in [7, 11) is 1.58. The average molecular weight is 433 g/mol. The standard InChI is InChI=1S/C25H28N4O3/c1-18-19(17-29(27-18)21-10-4-3-5-11-21)9-8-14-26-25(31)20-15-24(30)28(16-20)22-12-6-7-13-23(22)32-2/h3-7,10-13,17,20H,8-9,14-16H2,1-2H3,(H,26,31). The second-order valence-electron chi connectivity index (χ2n) is 7.99. The summed E-state index contributed by atoms with van der Waals surface area (Å²) in [6, 6.07) is 17.4. The van der Waals surface area contributed by atoms with Gasteiger partial charge in [0.25, 0.3) is 0 Å². The summed E-state index contributed by atoms with van der Waals surface area (Å²) in [4.78, 5) is 26.8. The third-order valence-corrected chi connectivity index (χ3v) is 5.82. The van der Waals surface area contributed by atoms with Crippen molar-refractivity contribution in [2.45, 2.75) is 26.2 Å². The van der Waals surface area contributed by atoms with Crippen LogP contribution in [0.2, 0.25) is 0 Å². The van der Waals surface area contributed by atoms with Crippen LogP contribution in [-0.2, 0) is 16.0 Å².